The number of anilines is 2. The molecule has 0 saturated carbocycles. The standard InChI is InChI=1S/C11H16N6/c1-8-9(6-16-17-8)3-2-4-13-11-5-10(12)14-7-15-11/h5-7H,2-4H2,1H3,(H,16,17)(H3,12,13,14,15). The third-order valence-electron chi connectivity index (χ3n) is 2.55. The Bertz CT molecular complexity index is 478. The molecule has 0 aromatic carbocycles. The number of nitrogens with two attached hydrogens (primary N) is 1. The summed E-state index contributed by atoms with van der Waals surface area (Å²) in [4.78, 5) is 7.91. The second-order valence-electron chi connectivity index (χ2n) is 3.88. The van der Waals surface area contributed by atoms with Crippen LogP contribution in [0.3, 0.4) is 0 Å². The van der Waals surface area contributed by atoms with Gasteiger partial charge in [0.15, 0.2) is 0 Å². The highest BCUT2D eigenvalue weighted by Crippen LogP contribution is 2.07. The molecule has 2 aromatic heterocycles. The van der Waals surface area contributed by atoms with E-state index >= 15 is 0 Å². The van der Waals surface area contributed by atoms with Gasteiger partial charge in [0.05, 0.1) is 6.20 Å². The number of aryl methyl sites for hydroxylation is 2. The minimum Gasteiger partial charge on any atom is -0.384 e. The normalized spacial score (nSPS) is 10.4. The average molecular weight is 232 g/mol. The lowest BCUT2D eigenvalue weighted by atomic mass is 10.1. The van der Waals surface area contributed by atoms with E-state index in [9.17, 15) is 0 Å². The number of nitrogen functional groups attached to an aromatic ring is 1. The van der Waals surface area contributed by atoms with Gasteiger partial charge in [-0.05, 0) is 25.3 Å². The van der Waals surface area contributed by atoms with Crippen LogP contribution in [0.5, 0.6) is 0 Å². The minimum absolute atomic E-state index is 0.480. The Kier molecular flexibility index (Phi) is 3.54. The molecule has 0 fully saturated rings. The number of rotatable bonds is 5. The van der Waals surface area contributed by atoms with Crippen molar-refractivity contribution < 1.29 is 0 Å². The summed E-state index contributed by atoms with van der Waals surface area (Å²) in [5.74, 6) is 1.24. The predicted molar refractivity (Wildman–Crippen MR) is 66.6 cm³/mol. The number of hydrogen-bond donors (Lipinski definition) is 3. The van der Waals surface area contributed by atoms with Crippen molar-refractivity contribution in [3.8, 4) is 0 Å². The number of nitrogens with zero attached hydrogens (tertiary/aromatic N) is 3. The largest absolute Gasteiger partial charge is 0.384 e. The van der Waals surface area contributed by atoms with E-state index in [1.54, 1.807) is 6.07 Å². The molecule has 0 aliphatic heterocycles. The number of nitrogens with one attached hydrogen (secondary N) is 2. The summed E-state index contributed by atoms with van der Waals surface area (Å²) in [6.45, 7) is 2.88. The van der Waals surface area contributed by atoms with Crippen molar-refractivity contribution in [3.05, 3.63) is 29.8 Å². The summed E-state index contributed by atoms with van der Waals surface area (Å²) in [6.07, 6.45) is 5.34. The highest BCUT2D eigenvalue weighted by Gasteiger charge is 2.00. The lowest BCUT2D eigenvalue weighted by Gasteiger charge is -2.05. The second kappa shape index (κ2) is 5.29. The van der Waals surface area contributed by atoms with E-state index in [4.69, 9.17) is 5.73 Å². The Hall–Kier alpha value is -2.11. The Morgan fingerprint density at radius 1 is 1.41 bits per heavy atom. The van der Waals surface area contributed by atoms with Crippen molar-refractivity contribution in [1.82, 2.24) is 20.2 Å². The molecule has 2 rings (SSSR count). The minimum atomic E-state index is 0.480. The molecule has 17 heavy (non-hydrogen) atoms. The van der Waals surface area contributed by atoms with Crippen LogP contribution in [-0.4, -0.2) is 26.7 Å². The van der Waals surface area contributed by atoms with Crippen molar-refractivity contribution in [3.63, 3.8) is 0 Å². The fourth-order valence-electron chi connectivity index (χ4n) is 1.59. The first-order valence-electron chi connectivity index (χ1n) is 5.56. The zero-order valence-electron chi connectivity index (χ0n) is 9.77. The molecule has 90 valence electrons. The topological polar surface area (TPSA) is 92.5 Å². The second-order valence-corrected chi connectivity index (χ2v) is 3.88. The summed E-state index contributed by atoms with van der Waals surface area (Å²) < 4.78 is 0. The van der Waals surface area contributed by atoms with Crippen LogP contribution in [0.4, 0.5) is 11.6 Å². The number of H-pyrrole nitrogens is 1. The first-order valence-corrected chi connectivity index (χ1v) is 5.56. The van der Waals surface area contributed by atoms with E-state index in [0.29, 0.717) is 5.82 Å². The van der Waals surface area contributed by atoms with Crippen molar-refractivity contribution in [2.24, 2.45) is 0 Å². The van der Waals surface area contributed by atoms with E-state index in [2.05, 4.69) is 25.5 Å². The molecule has 0 unspecified atom stereocenters. The van der Waals surface area contributed by atoms with Gasteiger partial charge in [-0.25, -0.2) is 9.97 Å². The van der Waals surface area contributed by atoms with Crippen LogP contribution in [0.15, 0.2) is 18.6 Å². The quantitative estimate of drug-likeness (QED) is 0.672. The van der Waals surface area contributed by atoms with E-state index in [0.717, 1.165) is 30.9 Å². The lowest BCUT2D eigenvalue weighted by Crippen LogP contribution is -2.05. The molecule has 0 bridgehead atoms. The summed E-state index contributed by atoms with van der Waals surface area (Å²) in [6, 6.07) is 1.73. The van der Waals surface area contributed by atoms with Gasteiger partial charge in [0, 0.05) is 18.3 Å². The van der Waals surface area contributed by atoms with Gasteiger partial charge in [0.2, 0.25) is 0 Å². The van der Waals surface area contributed by atoms with Crippen LogP contribution in [0, 0.1) is 6.92 Å². The van der Waals surface area contributed by atoms with E-state index in [-0.39, 0.29) is 0 Å². The predicted octanol–water partition coefficient (Wildman–Crippen LogP) is 1.14. The van der Waals surface area contributed by atoms with Crippen LogP contribution < -0.4 is 11.1 Å². The van der Waals surface area contributed by atoms with Gasteiger partial charge in [-0.3, -0.25) is 5.10 Å². The molecule has 0 saturated heterocycles. The van der Waals surface area contributed by atoms with Crippen LogP contribution in [0.25, 0.3) is 0 Å². The van der Waals surface area contributed by atoms with E-state index < -0.39 is 0 Å². The Labute approximate surface area is 99.7 Å². The smallest absolute Gasteiger partial charge is 0.131 e. The van der Waals surface area contributed by atoms with E-state index in [1.165, 1.54) is 11.9 Å². The zero-order chi connectivity index (χ0) is 12.1. The summed E-state index contributed by atoms with van der Waals surface area (Å²) in [5.41, 5.74) is 7.95. The monoisotopic (exact) mass is 232 g/mol. The molecule has 0 radical (unpaired) electrons. The molecule has 2 aromatic rings. The molecule has 6 heteroatoms. The van der Waals surface area contributed by atoms with Crippen LogP contribution in [0.2, 0.25) is 0 Å². The highest BCUT2D eigenvalue weighted by atomic mass is 15.1. The maximum Gasteiger partial charge on any atom is 0.131 e. The molecule has 0 atom stereocenters. The molecule has 0 spiro atoms. The summed E-state index contributed by atoms with van der Waals surface area (Å²) in [7, 11) is 0. The van der Waals surface area contributed by atoms with Gasteiger partial charge in [0.25, 0.3) is 0 Å². The number of hydrogen-bond acceptors (Lipinski definition) is 5. The number of aromatic amines is 1. The first-order chi connectivity index (χ1) is 8.25. The van der Waals surface area contributed by atoms with Crippen molar-refractivity contribution in [2.75, 3.05) is 17.6 Å². The van der Waals surface area contributed by atoms with Crippen LogP contribution in [-0.2, 0) is 6.42 Å². The molecule has 4 N–H and O–H groups in total. The lowest BCUT2D eigenvalue weighted by molar-refractivity contribution is 0.853. The molecule has 0 aliphatic rings. The van der Waals surface area contributed by atoms with Crippen molar-refractivity contribution in [1.29, 1.82) is 0 Å². The van der Waals surface area contributed by atoms with Gasteiger partial charge in [-0.1, -0.05) is 0 Å². The third-order valence-corrected chi connectivity index (χ3v) is 2.55. The fraction of sp³-hybridized carbons (Fsp3) is 0.364. The van der Waals surface area contributed by atoms with Gasteiger partial charge >= 0.3 is 0 Å². The molecule has 2 heterocycles. The Morgan fingerprint density at radius 2 is 2.29 bits per heavy atom. The Balaban J connectivity index is 1.75. The maximum atomic E-state index is 5.56. The zero-order valence-corrected chi connectivity index (χ0v) is 9.77. The van der Waals surface area contributed by atoms with Gasteiger partial charge < -0.3 is 11.1 Å². The molecule has 0 aliphatic carbocycles. The van der Waals surface area contributed by atoms with Crippen molar-refractivity contribution in [2.45, 2.75) is 19.8 Å². The van der Waals surface area contributed by atoms with Crippen LogP contribution in [0.1, 0.15) is 17.7 Å². The SMILES string of the molecule is Cc1[nH]ncc1CCCNc1cc(N)ncn1. The fourth-order valence-corrected chi connectivity index (χ4v) is 1.59. The molecular weight excluding hydrogens is 216 g/mol. The molecular formula is C11H16N6. The van der Waals surface area contributed by atoms with E-state index in [1.807, 2.05) is 13.1 Å². The van der Waals surface area contributed by atoms with Gasteiger partial charge in [-0.15, -0.1) is 0 Å². The summed E-state index contributed by atoms with van der Waals surface area (Å²) in [5, 5.41) is 10.1. The van der Waals surface area contributed by atoms with Crippen molar-refractivity contribution >= 4 is 11.6 Å². The average Bonchev–Trinajstić information content (AvgIpc) is 2.71. The summed E-state index contributed by atoms with van der Waals surface area (Å²) >= 11 is 0. The molecule has 6 nitrogen and oxygen atoms in total. The maximum absolute atomic E-state index is 5.56. The number of aromatic nitrogens is 4. The third kappa shape index (κ3) is 3.17. The Morgan fingerprint density at radius 3 is 3.00 bits per heavy atom. The first kappa shape index (κ1) is 11.4. The molecule has 0 amide bonds. The van der Waals surface area contributed by atoms with Gasteiger partial charge in [-0.2, -0.15) is 5.10 Å². The highest BCUT2D eigenvalue weighted by molar-refractivity contribution is 5.43. The van der Waals surface area contributed by atoms with Gasteiger partial charge in [0.1, 0.15) is 18.0 Å². The van der Waals surface area contributed by atoms with Crippen LogP contribution >= 0.6 is 0 Å².